The van der Waals surface area contributed by atoms with E-state index in [2.05, 4.69) is 74.6 Å². The monoisotopic (exact) mass is 953 g/mol. The second-order valence-corrected chi connectivity index (χ2v) is 18.0. The third kappa shape index (κ3) is 28.2. The number of hydrogen-bond acceptors (Lipinski definition) is 14. The van der Waals surface area contributed by atoms with Crippen molar-refractivity contribution in [3.8, 4) is 0 Å². The van der Waals surface area contributed by atoms with Crippen LogP contribution in [0.2, 0.25) is 0 Å². The number of rotatable bonds is 40. The first kappa shape index (κ1) is 60.8. The Morgan fingerprint density at radius 2 is 0.970 bits per heavy atom. The van der Waals surface area contributed by atoms with E-state index in [0.29, 0.717) is 13.0 Å². The van der Waals surface area contributed by atoms with Crippen molar-refractivity contribution in [2.24, 2.45) is 0 Å². The van der Waals surface area contributed by atoms with E-state index in [1.54, 1.807) is 0 Å². The van der Waals surface area contributed by atoms with Crippen LogP contribution in [-0.2, 0) is 33.2 Å². The molecule has 2 rings (SSSR count). The highest BCUT2D eigenvalue weighted by molar-refractivity contribution is 5.69. The molecule has 0 spiro atoms. The highest BCUT2D eigenvalue weighted by Crippen LogP contribution is 2.26. The summed E-state index contributed by atoms with van der Waals surface area (Å²) in [4.78, 5) is 13.0. The van der Waals surface area contributed by atoms with E-state index in [-0.39, 0.29) is 19.6 Å². The van der Waals surface area contributed by atoms with Gasteiger partial charge < -0.3 is 64.2 Å². The minimum Gasteiger partial charge on any atom is -0.457 e. The zero-order valence-corrected chi connectivity index (χ0v) is 41.1. The van der Waals surface area contributed by atoms with Crippen molar-refractivity contribution < 1.29 is 69.0 Å². The Labute approximate surface area is 403 Å². The minimum atomic E-state index is -1.71. The zero-order valence-electron chi connectivity index (χ0n) is 41.1. The molecule has 388 valence electrons. The zero-order chi connectivity index (χ0) is 48.7. The molecular formula is C53H92O14. The van der Waals surface area contributed by atoms with Gasteiger partial charge in [0.25, 0.3) is 0 Å². The van der Waals surface area contributed by atoms with Gasteiger partial charge >= 0.3 is 5.97 Å². The molecule has 0 aromatic heterocycles. The maximum atomic E-state index is 13.0. The fourth-order valence-electron chi connectivity index (χ4n) is 7.84. The number of esters is 1. The van der Waals surface area contributed by atoms with Crippen LogP contribution in [-0.4, -0.2) is 142 Å². The molecule has 0 saturated carbocycles. The topological polar surface area (TPSA) is 214 Å². The fourth-order valence-corrected chi connectivity index (χ4v) is 7.84. The summed E-state index contributed by atoms with van der Waals surface area (Å²) < 4.78 is 34.2. The number of carbonyl (C=O) groups is 1. The molecule has 67 heavy (non-hydrogen) atoms. The first-order valence-corrected chi connectivity index (χ1v) is 25.9. The third-order valence-corrected chi connectivity index (χ3v) is 12.0. The number of hydrogen-bond donors (Lipinski definition) is 7. The first-order chi connectivity index (χ1) is 32.6. The molecule has 0 amide bonds. The van der Waals surface area contributed by atoms with E-state index in [4.69, 9.17) is 28.4 Å². The van der Waals surface area contributed by atoms with Gasteiger partial charge in [0.2, 0.25) is 0 Å². The molecule has 11 atom stereocenters. The Morgan fingerprint density at radius 3 is 1.52 bits per heavy atom. The summed E-state index contributed by atoms with van der Waals surface area (Å²) >= 11 is 0. The molecule has 0 aliphatic carbocycles. The quantitative estimate of drug-likeness (QED) is 0.0178. The summed E-state index contributed by atoms with van der Waals surface area (Å²) in [5, 5.41) is 72.1. The van der Waals surface area contributed by atoms with Gasteiger partial charge in [0, 0.05) is 13.0 Å². The van der Waals surface area contributed by atoms with Crippen molar-refractivity contribution in [3.63, 3.8) is 0 Å². The van der Waals surface area contributed by atoms with Gasteiger partial charge in [-0.1, -0.05) is 164 Å². The number of carbonyl (C=O) groups excluding carboxylic acids is 1. The van der Waals surface area contributed by atoms with Crippen molar-refractivity contribution in [1.82, 2.24) is 0 Å². The van der Waals surface area contributed by atoms with Gasteiger partial charge in [-0.15, -0.1) is 0 Å². The Balaban J connectivity index is 1.76. The number of aliphatic hydroxyl groups excluding tert-OH is 7. The summed E-state index contributed by atoms with van der Waals surface area (Å²) in [5.74, 6) is -0.396. The average Bonchev–Trinajstić information content (AvgIpc) is 3.32. The lowest BCUT2D eigenvalue weighted by Crippen LogP contribution is -2.61. The Morgan fingerprint density at radius 1 is 0.507 bits per heavy atom. The van der Waals surface area contributed by atoms with Gasteiger partial charge in [-0.05, 0) is 57.8 Å². The molecule has 2 heterocycles. The number of aliphatic hydroxyl groups is 7. The Hall–Kier alpha value is -2.31. The van der Waals surface area contributed by atoms with Crippen LogP contribution in [0.25, 0.3) is 0 Å². The predicted molar refractivity (Wildman–Crippen MR) is 261 cm³/mol. The minimum absolute atomic E-state index is 0.0528. The van der Waals surface area contributed by atoms with Crippen molar-refractivity contribution in [2.75, 3.05) is 33.0 Å². The fraction of sp³-hybridized carbons (Fsp3) is 0.792. The molecule has 14 nitrogen and oxygen atoms in total. The van der Waals surface area contributed by atoms with E-state index < -0.39 is 86.7 Å². The molecule has 2 aliphatic heterocycles. The van der Waals surface area contributed by atoms with Crippen LogP contribution < -0.4 is 0 Å². The molecular weight excluding hydrogens is 861 g/mol. The average molecular weight is 953 g/mol. The highest BCUT2D eigenvalue weighted by Gasteiger charge is 2.47. The molecule has 11 unspecified atom stereocenters. The number of allylic oxidation sites excluding steroid dienone is 10. The number of ether oxygens (including phenoxy) is 6. The summed E-state index contributed by atoms with van der Waals surface area (Å²) in [5.41, 5.74) is 0. The SMILES string of the molecule is CC/C=C\C/C=C\C/C=C\C/C=C\C/C=C\CCCCCCCC(=O)OC(COCCCCCCCCCCCCCC)COC1OC(COC2OC(CO)C(O)C(O)C2O)C(O)C(O)C1O. The summed E-state index contributed by atoms with van der Waals surface area (Å²) in [6.07, 6.45) is 31.3. The first-order valence-electron chi connectivity index (χ1n) is 25.9. The Kier molecular flexibility index (Phi) is 36.7. The predicted octanol–water partition coefficient (Wildman–Crippen LogP) is 7.74. The van der Waals surface area contributed by atoms with Crippen LogP contribution >= 0.6 is 0 Å². The second-order valence-electron chi connectivity index (χ2n) is 18.0. The molecule has 7 N–H and O–H groups in total. The molecule has 2 saturated heterocycles. The van der Waals surface area contributed by atoms with Crippen LogP contribution in [0.1, 0.15) is 168 Å². The van der Waals surface area contributed by atoms with E-state index in [1.165, 1.54) is 57.8 Å². The molecule has 2 fully saturated rings. The van der Waals surface area contributed by atoms with Gasteiger partial charge in [-0.25, -0.2) is 0 Å². The van der Waals surface area contributed by atoms with Crippen LogP contribution in [0.3, 0.4) is 0 Å². The standard InChI is InChI=1S/C53H92O14/c1-3-5-7-9-11-13-15-17-18-19-20-21-22-23-24-25-26-28-30-32-34-36-45(55)65-42(39-62-37-35-33-31-29-27-16-14-12-10-8-6-4-2)40-63-52-51(61)49(59)47(57)44(67-52)41-64-53-50(60)48(58)46(56)43(38-54)66-53/h5,7,11,13,17-18,20-21,23-24,42-44,46-54,56-61H,3-4,6,8-10,12,14-16,19,22,25-41H2,1-2H3/b7-5-,13-11-,18-17-,21-20-,24-23-. The Bertz CT molecular complexity index is 1340. The lowest BCUT2D eigenvalue weighted by atomic mass is 9.98. The van der Waals surface area contributed by atoms with Crippen molar-refractivity contribution in [1.29, 1.82) is 0 Å². The van der Waals surface area contributed by atoms with Crippen molar-refractivity contribution in [3.05, 3.63) is 60.8 Å². The molecule has 0 radical (unpaired) electrons. The normalized spacial score (nSPS) is 26.6. The maximum absolute atomic E-state index is 13.0. The third-order valence-electron chi connectivity index (χ3n) is 12.0. The molecule has 14 heteroatoms. The lowest BCUT2D eigenvalue weighted by molar-refractivity contribution is -0.332. The maximum Gasteiger partial charge on any atom is 0.306 e. The van der Waals surface area contributed by atoms with Crippen molar-refractivity contribution in [2.45, 2.75) is 235 Å². The lowest BCUT2D eigenvalue weighted by Gasteiger charge is -2.42. The van der Waals surface area contributed by atoms with Gasteiger partial charge in [0.1, 0.15) is 54.9 Å². The van der Waals surface area contributed by atoms with Gasteiger partial charge in [-0.2, -0.15) is 0 Å². The van der Waals surface area contributed by atoms with Gasteiger partial charge in [0.15, 0.2) is 12.6 Å². The van der Waals surface area contributed by atoms with Crippen LogP contribution in [0, 0.1) is 0 Å². The van der Waals surface area contributed by atoms with E-state index in [0.717, 1.165) is 83.5 Å². The summed E-state index contributed by atoms with van der Waals surface area (Å²) in [7, 11) is 0. The van der Waals surface area contributed by atoms with E-state index in [9.17, 15) is 40.5 Å². The van der Waals surface area contributed by atoms with Gasteiger partial charge in [-0.3, -0.25) is 4.79 Å². The largest absolute Gasteiger partial charge is 0.457 e. The van der Waals surface area contributed by atoms with Crippen LogP contribution in [0.5, 0.6) is 0 Å². The van der Waals surface area contributed by atoms with Crippen LogP contribution in [0.15, 0.2) is 60.8 Å². The highest BCUT2D eigenvalue weighted by atomic mass is 16.7. The molecule has 0 bridgehead atoms. The van der Waals surface area contributed by atoms with Crippen molar-refractivity contribution >= 4 is 5.97 Å². The van der Waals surface area contributed by atoms with E-state index in [1.807, 2.05) is 0 Å². The second kappa shape index (κ2) is 40.4. The molecule has 0 aromatic carbocycles. The number of unbranched alkanes of at least 4 members (excludes halogenated alkanes) is 16. The summed E-state index contributed by atoms with van der Waals surface area (Å²) in [6.45, 7) is 3.54. The van der Waals surface area contributed by atoms with Gasteiger partial charge in [0.05, 0.1) is 26.4 Å². The molecule has 2 aliphatic rings. The van der Waals surface area contributed by atoms with E-state index >= 15 is 0 Å². The molecule has 0 aromatic rings. The van der Waals surface area contributed by atoms with Crippen LogP contribution in [0.4, 0.5) is 0 Å². The summed E-state index contributed by atoms with van der Waals surface area (Å²) in [6, 6.07) is 0. The smallest absolute Gasteiger partial charge is 0.306 e.